The first-order valence-corrected chi connectivity index (χ1v) is 24.5. The predicted molar refractivity (Wildman–Crippen MR) is 231 cm³/mol. The molecule has 2 radical (unpaired) electrons. The quantitative estimate of drug-likeness (QED) is 0.0233. The summed E-state index contributed by atoms with van der Waals surface area (Å²) in [6, 6.07) is 12.2. The lowest BCUT2D eigenvalue weighted by molar-refractivity contribution is -0.0546. The second-order valence-electron chi connectivity index (χ2n) is 14.7. The van der Waals surface area contributed by atoms with Gasteiger partial charge in [-0.2, -0.15) is 4.98 Å². The highest BCUT2D eigenvalue weighted by Crippen LogP contribution is 2.65. The maximum absolute atomic E-state index is 16.8. The van der Waals surface area contributed by atoms with E-state index in [1.807, 2.05) is 0 Å². The lowest BCUT2D eigenvalue weighted by atomic mass is 10.1. The Morgan fingerprint density at radius 1 is 0.910 bits per heavy atom. The molecular weight excluding hydrogens is 949 g/mol. The average molecular weight is 984 g/mol. The van der Waals surface area contributed by atoms with Crippen LogP contribution < -0.4 is 26.5 Å². The summed E-state index contributed by atoms with van der Waals surface area (Å²) in [5.74, 6) is -0.470. The highest BCUT2D eigenvalue weighted by molar-refractivity contribution is 8.54. The molecule has 67 heavy (non-hydrogen) atoms. The highest BCUT2D eigenvalue weighted by Gasteiger charge is 2.54. The molecule has 0 spiro atoms. The van der Waals surface area contributed by atoms with Gasteiger partial charge in [0.05, 0.1) is 44.6 Å². The van der Waals surface area contributed by atoms with Gasteiger partial charge in [-0.25, -0.2) is 38.1 Å². The number of rotatable bonds is 11. The molecule has 1 unspecified atom stereocenters. The molecule has 10 atom stereocenters. The smallest absolute Gasteiger partial charge is 0.389 e. The van der Waals surface area contributed by atoms with Crippen molar-refractivity contribution < 1.29 is 59.7 Å². The minimum Gasteiger partial charge on any atom is -0.493 e. The zero-order valence-corrected chi connectivity index (χ0v) is 36.8. The number of carbonyl (C=O) groups is 1. The first-order valence-electron chi connectivity index (χ1n) is 19.8. The van der Waals surface area contributed by atoms with E-state index in [0.29, 0.717) is 22.7 Å². The molecule has 3 aliphatic heterocycles. The molecule has 31 heteroatoms. The largest absolute Gasteiger partial charge is 0.493 e. The van der Waals surface area contributed by atoms with Crippen LogP contribution in [-0.2, 0) is 42.5 Å². The van der Waals surface area contributed by atoms with Gasteiger partial charge in [0.25, 0.3) is 13.0 Å². The summed E-state index contributed by atoms with van der Waals surface area (Å²) < 4.78 is 110. The molecule has 0 aliphatic carbocycles. The van der Waals surface area contributed by atoms with E-state index in [4.69, 9.17) is 61.6 Å². The number of benzene rings is 2. The van der Waals surface area contributed by atoms with Crippen LogP contribution >= 0.6 is 25.7 Å². The van der Waals surface area contributed by atoms with Gasteiger partial charge >= 0.3 is 12.8 Å². The van der Waals surface area contributed by atoms with E-state index < -0.39 is 88.2 Å². The van der Waals surface area contributed by atoms with Crippen LogP contribution in [0.25, 0.3) is 32.8 Å². The van der Waals surface area contributed by atoms with Gasteiger partial charge < -0.3 is 39.5 Å². The van der Waals surface area contributed by atoms with E-state index in [0.717, 1.165) is 17.2 Å². The Labute approximate surface area is 379 Å². The van der Waals surface area contributed by atoms with Crippen LogP contribution in [0.5, 0.6) is 11.5 Å². The number of H-pyrrole nitrogens is 1. The van der Waals surface area contributed by atoms with Crippen molar-refractivity contribution in [3.8, 4) is 11.5 Å². The van der Waals surface area contributed by atoms with Crippen LogP contribution in [0.15, 0.2) is 77.4 Å². The lowest BCUT2D eigenvalue weighted by Crippen LogP contribution is -2.37. The van der Waals surface area contributed by atoms with E-state index in [1.54, 1.807) is 24.3 Å². The molecule has 9 rings (SSSR count). The zero-order valence-electron chi connectivity index (χ0n) is 34.2. The predicted octanol–water partition coefficient (Wildman–Crippen LogP) is 4.64. The highest BCUT2D eigenvalue weighted by atomic mass is 32.7. The number of ether oxygens (including phenoxy) is 4. The number of nitrogens with one attached hydrogen (secondary N) is 1. The number of fused-ring (bicyclic) bond motifs is 4. The first-order chi connectivity index (χ1) is 32.2. The van der Waals surface area contributed by atoms with Gasteiger partial charge in [0.15, 0.2) is 47.4 Å². The van der Waals surface area contributed by atoms with Gasteiger partial charge in [0.2, 0.25) is 13.5 Å². The maximum atomic E-state index is 16.8. The Balaban J connectivity index is 0.962. The maximum Gasteiger partial charge on any atom is 0.389 e. The average Bonchev–Trinajstić information content (AvgIpc) is 4.08. The summed E-state index contributed by atoms with van der Waals surface area (Å²) in [7, 11) is 1.23. The number of anilines is 2. The van der Waals surface area contributed by atoms with Gasteiger partial charge in [-0.1, -0.05) is 17.2 Å². The van der Waals surface area contributed by atoms with Crippen molar-refractivity contribution in [2.75, 3.05) is 37.8 Å². The van der Waals surface area contributed by atoms with E-state index in [2.05, 4.69) is 39.9 Å². The number of nitrogens with zero attached hydrogens (tertiary/aromatic N) is 10. The summed E-state index contributed by atoms with van der Waals surface area (Å²) >= 11 is 0.624. The standard InChI is InChI=1S/C36H34BF2N13O12P2S/c37-65(55)58-11-21-28(24(39)33(61-21)51-15-45-25-29(40)43-14-44-30(25)51)64-66(56,59-12-22-27(63-65)23(38)34(62-22)52-16-46-26-31(52)48-36(41)49-32(26)53)67-13-17-1-5-20(6-2-17)60-35(54)18-3-7-19(8-4-18)57-10-9-47-50-42/h1-8,14-16,21-24,27-28,33-34H,9-13H2,(H2,40,43,44)(H3,41,48,49,53)/t21-,22-,23-,24-,27-,28-,33-,34-,65?,66+/m1/s1. The number of imidazole rings is 2. The summed E-state index contributed by atoms with van der Waals surface area (Å²) in [4.78, 5) is 50.6. The Morgan fingerprint density at radius 2 is 1.55 bits per heavy atom. The molecule has 7 heterocycles. The van der Waals surface area contributed by atoms with Gasteiger partial charge in [-0.3, -0.25) is 32.5 Å². The van der Waals surface area contributed by atoms with Crippen molar-refractivity contribution >= 4 is 73.3 Å². The summed E-state index contributed by atoms with van der Waals surface area (Å²) in [6.45, 7) is -5.91. The van der Waals surface area contributed by atoms with Crippen LogP contribution in [0.2, 0.25) is 0 Å². The number of carbonyl (C=O) groups excluding carboxylic acids is 1. The van der Waals surface area contributed by atoms with Gasteiger partial charge in [0.1, 0.15) is 47.8 Å². The molecule has 3 fully saturated rings. The number of halogens is 2. The molecule has 6 aromatic rings. The zero-order chi connectivity index (χ0) is 47.0. The van der Waals surface area contributed by atoms with Crippen LogP contribution in [0.4, 0.5) is 20.5 Å². The number of alkyl halides is 2. The molecule has 4 aromatic heterocycles. The molecule has 25 nitrogen and oxygen atoms in total. The van der Waals surface area contributed by atoms with Crippen molar-refractivity contribution in [2.24, 2.45) is 5.11 Å². The monoisotopic (exact) mass is 983 g/mol. The number of hydrogen-bond acceptors (Lipinski definition) is 21. The Morgan fingerprint density at radius 3 is 2.25 bits per heavy atom. The second-order valence-corrected chi connectivity index (χ2v) is 20.3. The molecule has 348 valence electrons. The fourth-order valence-corrected chi connectivity index (χ4v) is 11.6. The SMILES string of the molecule is [B]P1(=O)OC[C@H]2O[C@@H](n3cnc4c(N)ncnc43)[C@H](F)[C@@H]2O[P@@](=O)(SCc2ccc(OC(=O)c3ccc(OCCN=[N+]=[N-])cc3)cc2)OC[C@H]2O[C@@H](n3cnc4c(=O)[nH]c(N)nc43)[C@H](F)[C@@H]2O1. The minimum atomic E-state index is -4.76. The van der Waals surface area contributed by atoms with Crippen LogP contribution in [0, 0.1) is 0 Å². The van der Waals surface area contributed by atoms with Gasteiger partial charge in [-0.05, 0) is 58.9 Å². The lowest BCUT2D eigenvalue weighted by Gasteiger charge is -2.30. The van der Waals surface area contributed by atoms with Crippen LogP contribution in [-0.4, -0.2) is 116 Å². The molecule has 0 bridgehead atoms. The van der Waals surface area contributed by atoms with Crippen molar-refractivity contribution in [2.45, 2.75) is 55.0 Å². The van der Waals surface area contributed by atoms with Crippen LogP contribution in [0.1, 0.15) is 28.4 Å². The third kappa shape index (κ3) is 9.74. The molecule has 0 saturated carbocycles. The second kappa shape index (κ2) is 19.0. The molecular formula is C36H34BF2N13O12P2S. The number of azide groups is 1. The molecule has 3 aliphatic rings. The summed E-state index contributed by atoms with van der Waals surface area (Å²) in [5, 5.41) is 3.39. The van der Waals surface area contributed by atoms with Crippen molar-refractivity contribution in [1.82, 2.24) is 39.0 Å². The normalized spacial score (nSPS) is 28.7. The number of aromatic amines is 1. The van der Waals surface area contributed by atoms with Crippen molar-refractivity contribution in [3.05, 3.63) is 99.4 Å². The molecule has 0 amide bonds. The fourth-order valence-electron chi connectivity index (χ4n) is 7.24. The fraction of sp³-hybridized carbons (Fsp3) is 0.361. The van der Waals surface area contributed by atoms with E-state index in [-0.39, 0.29) is 64.3 Å². The van der Waals surface area contributed by atoms with E-state index in [1.165, 1.54) is 35.2 Å². The molecule has 3 saturated heterocycles. The number of nitrogen functional groups attached to an aromatic ring is 2. The van der Waals surface area contributed by atoms with Crippen molar-refractivity contribution in [3.63, 3.8) is 0 Å². The number of aromatic nitrogens is 8. The van der Waals surface area contributed by atoms with E-state index >= 15 is 8.78 Å². The summed E-state index contributed by atoms with van der Waals surface area (Å²) in [6.07, 6.45) is -10.9. The number of esters is 1. The van der Waals surface area contributed by atoms with Crippen molar-refractivity contribution in [1.29, 1.82) is 0 Å². The topological polar surface area (TPSA) is 333 Å². The number of hydrogen-bond donors (Lipinski definition) is 3. The van der Waals surface area contributed by atoms with Crippen LogP contribution in [0.3, 0.4) is 0 Å². The molecule has 5 N–H and O–H groups in total. The van der Waals surface area contributed by atoms with Gasteiger partial charge in [-0.15, -0.1) is 0 Å². The Kier molecular flexibility index (Phi) is 13.1. The third-order valence-corrected chi connectivity index (χ3v) is 15.1. The first kappa shape index (κ1) is 46.1. The Hall–Kier alpha value is -5.99. The van der Waals surface area contributed by atoms with Gasteiger partial charge in [0, 0.05) is 10.7 Å². The Bertz CT molecular complexity index is 3020. The molecule has 2 aromatic carbocycles. The van der Waals surface area contributed by atoms with E-state index in [9.17, 15) is 18.7 Å². The summed E-state index contributed by atoms with van der Waals surface area (Å²) in [5.41, 5.74) is 19.9. The minimum absolute atomic E-state index is 0.000819. The third-order valence-electron chi connectivity index (χ3n) is 10.4. The number of nitrogens with two attached hydrogens (primary N) is 2.